The lowest BCUT2D eigenvalue weighted by molar-refractivity contribution is -0.384. The van der Waals surface area contributed by atoms with Crippen LogP contribution in [0.15, 0.2) is 53.3 Å². The lowest BCUT2D eigenvalue weighted by atomic mass is 9.98. The number of anilines is 1. The fourth-order valence-corrected chi connectivity index (χ4v) is 5.16. The van der Waals surface area contributed by atoms with Gasteiger partial charge < -0.3 is 9.88 Å². The van der Waals surface area contributed by atoms with Crippen molar-refractivity contribution in [2.45, 2.75) is 52.1 Å². The number of aromatic amines is 1. The summed E-state index contributed by atoms with van der Waals surface area (Å²) in [5.41, 5.74) is 3.13. The summed E-state index contributed by atoms with van der Waals surface area (Å²) >= 11 is 0. The van der Waals surface area contributed by atoms with Gasteiger partial charge in [0.05, 0.1) is 10.5 Å². The Morgan fingerprint density at radius 1 is 1.05 bits per heavy atom. The van der Waals surface area contributed by atoms with Crippen molar-refractivity contribution < 1.29 is 4.92 Å². The first-order valence-electron chi connectivity index (χ1n) is 13.4. The molecule has 1 saturated heterocycles. The Balaban J connectivity index is 1.53. The molecule has 5 rings (SSSR count). The molecule has 1 aliphatic heterocycles. The van der Waals surface area contributed by atoms with Crippen molar-refractivity contribution in [2.24, 2.45) is 0 Å². The number of rotatable bonds is 8. The van der Waals surface area contributed by atoms with E-state index in [2.05, 4.69) is 64.1 Å². The van der Waals surface area contributed by atoms with Gasteiger partial charge in [-0.2, -0.15) is 0 Å². The molecule has 0 amide bonds. The van der Waals surface area contributed by atoms with Crippen molar-refractivity contribution in [2.75, 3.05) is 31.1 Å². The summed E-state index contributed by atoms with van der Waals surface area (Å²) in [4.78, 5) is 31.8. The summed E-state index contributed by atoms with van der Waals surface area (Å²) in [6.45, 7) is 11.1. The third-order valence-corrected chi connectivity index (χ3v) is 7.92. The number of H-pyrrole nitrogens is 1. The maximum absolute atomic E-state index is 13.5. The van der Waals surface area contributed by atoms with E-state index in [4.69, 9.17) is 0 Å². The van der Waals surface area contributed by atoms with Crippen LogP contribution in [-0.4, -0.2) is 61.2 Å². The summed E-state index contributed by atoms with van der Waals surface area (Å²) in [7, 11) is 0. The number of benzene rings is 2. The fourth-order valence-electron chi connectivity index (χ4n) is 5.16. The van der Waals surface area contributed by atoms with Gasteiger partial charge >= 0.3 is 0 Å². The minimum Gasteiger partial charge on any atom is -0.369 e. The second kappa shape index (κ2) is 10.6. The number of nitrogens with one attached hydrogen (secondary N) is 1. The molecule has 1 aliphatic rings. The van der Waals surface area contributed by atoms with Crippen LogP contribution >= 0.6 is 0 Å². The Morgan fingerprint density at radius 2 is 1.77 bits per heavy atom. The molecule has 0 saturated carbocycles. The SMILES string of the molecule is CCc1ccc2[nH]c(=O)c([C@H](c3nnnn3C(C)(C)CC)N3CCN(c4ccc([N+](=O)[O-])cc4)CC3)cc2c1. The quantitative estimate of drug-likeness (QED) is 0.267. The molecule has 2 aromatic carbocycles. The van der Waals surface area contributed by atoms with Gasteiger partial charge in [-0.05, 0) is 78.4 Å². The average molecular weight is 531 g/mol. The molecule has 3 heterocycles. The summed E-state index contributed by atoms with van der Waals surface area (Å²) in [5.74, 6) is 0.641. The van der Waals surface area contributed by atoms with Crippen LogP contribution in [-0.2, 0) is 12.0 Å². The number of hydrogen-bond acceptors (Lipinski definition) is 8. The van der Waals surface area contributed by atoms with E-state index in [1.165, 1.54) is 17.7 Å². The highest BCUT2D eigenvalue weighted by atomic mass is 16.6. The third-order valence-electron chi connectivity index (χ3n) is 7.92. The van der Waals surface area contributed by atoms with Gasteiger partial charge in [-0.15, -0.1) is 5.10 Å². The van der Waals surface area contributed by atoms with E-state index in [9.17, 15) is 14.9 Å². The predicted molar refractivity (Wildman–Crippen MR) is 150 cm³/mol. The van der Waals surface area contributed by atoms with Crippen molar-refractivity contribution in [3.8, 4) is 0 Å². The molecule has 2 aromatic heterocycles. The van der Waals surface area contributed by atoms with Crippen LogP contribution in [0.25, 0.3) is 10.9 Å². The zero-order chi connectivity index (χ0) is 27.7. The van der Waals surface area contributed by atoms with E-state index in [0.29, 0.717) is 37.6 Å². The Kier molecular flexibility index (Phi) is 7.17. The maximum Gasteiger partial charge on any atom is 0.269 e. The maximum atomic E-state index is 13.5. The molecule has 0 bridgehead atoms. The van der Waals surface area contributed by atoms with Crippen LogP contribution in [0.1, 0.15) is 57.1 Å². The summed E-state index contributed by atoms with van der Waals surface area (Å²) in [5, 5.41) is 24.9. The van der Waals surface area contributed by atoms with Gasteiger partial charge in [0.25, 0.3) is 11.2 Å². The number of nitro groups is 1. The van der Waals surface area contributed by atoms with E-state index in [1.807, 2.05) is 22.9 Å². The summed E-state index contributed by atoms with van der Waals surface area (Å²) < 4.78 is 1.85. The third kappa shape index (κ3) is 5.14. The number of aryl methyl sites for hydroxylation is 1. The number of non-ortho nitro benzene ring substituents is 1. The molecule has 0 unspecified atom stereocenters. The number of pyridine rings is 1. The van der Waals surface area contributed by atoms with E-state index >= 15 is 0 Å². The first-order chi connectivity index (χ1) is 18.7. The highest BCUT2D eigenvalue weighted by Gasteiger charge is 2.35. The number of nitrogens with zero attached hydrogens (tertiary/aromatic N) is 7. The second-order valence-corrected chi connectivity index (χ2v) is 10.6. The van der Waals surface area contributed by atoms with Crippen LogP contribution in [0.5, 0.6) is 0 Å². The number of aromatic nitrogens is 5. The first kappa shape index (κ1) is 26.5. The van der Waals surface area contributed by atoms with E-state index < -0.39 is 11.0 Å². The number of hydrogen-bond donors (Lipinski definition) is 1. The number of piperazine rings is 1. The van der Waals surface area contributed by atoms with Gasteiger partial charge in [-0.25, -0.2) is 4.68 Å². The van der Waals surface area contributed by atoms with Crippen LogP contribution in [0, 0.1) is 10.1 Å². The zero-order valence-electron chi connectivity index (χ0n) is 22.8. The highest BCUT2D eigenvalue weighted by molar-refractivity contribution is 5.80. The zero-order valence-corrected chi connectivity index (χ0v) is 22.8. The molecular weight excluding hydrogens is 496 g/mol. The molecule has 1 fully saturated rings. The summed E-state index contributed by atoms with van der Waals surface area (Å²) in [6.07, 6.45) is 1.72. The van der Waals surface area contributed by atoms with Crippen molar-refractivity contribution in [3.05, 3.63) is 86.0 Å². The topological polar surface area (TPSA) is 126 Å². The monoisotopic (exact) mass is 530 g/mol. The van der Waals surface area contributed by atoms with Gasteiger partial charge in [0.2, 0.25) is 0 Å². The number of nitro benzene ring substituents is 1. The molecule has 39 heavy (non-hydrogen) atoms. The van der Waals surface area contributed by atoms with Crippen molar-refractivity contribution in [1.29, 1.82) is 0 Å². The highest BCUT2D eigenvalue weighted by Crippen LogP contribution is 2.32. The normalized spacial score (nSPS) is 15.5. The molecule has 1 N–H and O–H groups in total. The van der Waals surface area contributed by atoms with Gasteiger partial charge in [-0.1, -0.05) is 19.9 Å². The van der Waals surface area contributed by atoms with E-state index in [-0.39, 0.29) is 16.8 Å². The van der Waals surface area contributed by atoms with Crippen LogP contribution in [0.2, 0.25) is 0 Å². The Labute approximate surface area is 226 Å². The first-order valence-corrected chi connectivity index (χ1v) is 13.4. The number of fused-ring (bicyclic) bond motifs is 1. The minimum atomic E-state index is -0.441. The Bertz CT molecular complexity index is 1530. The van der Waals surface area contributed by atoms with Crippen molar-refractivity contribution in [3.63, 3.8) is 0 Å². The van der Waals surface area contributed by atoms with Gasteiger partial charge in [0.15, 0.2) is 5.82 Å². The lowest BCUT2D eigenvalue weighted by Crippen LogP contribution is -2.49. The molecule has 1 atom stereocenters. The Morgan fingerprint density at radius 3 is 2.41 bits per heavy atom. The average Bonchev–Trinajstić information content (AvgIpc) is 3.44. The van der Waals surface area contributed by atoms with Gasteiger partial charge in [0.1, 0.15) is 6.04 Å². The standard InChI is InChI=1S/C28H34N8O3/c1-5-19-7-12-24-20(17-19)18-23(27(37)29-24)25(26-30-31-32-35(26)28(3,4)6-2)34-15-13-33(14-16-34)21-8-10-22(11-9-21)36(38)39/h7-12,17-18,25H,5-6,13-16H2,1-4H3,(H,29,37)/t25-/m1/s1. The predicted octanol–water partition coefficient (Wildman–Crippen LogP) is 4.04. The van der Waals surface area contributed by atoms with E-state index in [0.717, 1.165) is 29.4 Å². The fraction of sp³-hybridized carbons (Fsp3) is 0.429. The number of tetrazole rings is 1. The lowest BCUT2D eigenvalue weighted by Gasteiger charge is -2.40. The molecule has 204 valence electrons. The van der Waals surface area contributed by atoms with Crippen molar-refractivity contribution in [1.82, 2.24) is 30.1 Å². The molecule has 11 heteroatoms. The van der Waals surface area contributed by atoms with Crippen molar-refractivity contribution >= 4 is 22.3 Å². The summed E-state index contributed by atoms with van der Waals surface area (Å²) in [6, 6.07) is 14.3. The van der Waals surface area contributed by atoms with Crippen LogP contribution in [0.3, 0.4) is 0 Å². The van der Waals surface area contributed by atoms with Crippen LogP contribution in [0.4, 0.5) is 11.4 Å². The van der Waals surface area contributed by atoms with Crippen LogP contribution < -0.4 is 10.5 Å². The molecule has 0 aliphatic carbocycles. The van der Waals surface area contributed by atoms with Gasteiger partial charge in [-0.3, -0.25) is 19.8 Å². The molecule has 0 radical (unpaired) electrons. The molecule has 11 nitrogen and oxygen atoms in total. The Hall–Kier alpha value is -4.12. The molecule has 0 spiro atoms. The molecule has 4 aromatic rings. The minimum absolute atomic E-state index is 0.0737. The van der Waals surface area contributed by atoms with E-state index in [1.54, 1.807) is 12.1 Å². The smallest absolute Gasteiger partial charge is 0.269 e. The molecular formula is C28H34N8O3. The second-order valence-electron chi connectivity index (χ2n) is 10.6. The van der Waals surface area contributed by atoms with Gasteiger partial charge in [0, 0.05) is 55.1 Å². The largest absolute Gasteiger partial charge is 0.369 e.